The molecule has 0 saturated heterocycles. The minimum atomic E-state index is 0.411. The molecule has 0 N–H and O–H groups in total. The molecule has 2 unspecified atom stereocenters. The van der Waals surface area contributed by atoms with Crippen LogP contribution in [0.3, 0.4) is 0 Å². The highest BCUT2D eigenvalue weighted by atomic mass is 15.5. The number of rotatable bonds is 0. The summed E-state index contributed by atoms with van der Waals surface area (Å²) in [7, 11) is 4.49. The maximum atomic E-state index is 2.64. The van der Waals surface area contributed by atoms with E-state index >= 15 is 0 Å². The van der Waals surface area contributed by atoms with Crippen molar-refractivity contribution in [1.29, 1.82) is 0 Å². The number of hydrogen-bond acceptors (Lipinski definition) is 4. The Morgan fingerprint density at radius 1 is 0.447 bits per heavy atom. The molecule has 3 aliphatic heterocycles. The van der Waals surface area contributed by atoms with E-state index in [1.54, 1.807) is 22.3 Å². The minimum Gasteiger partial charge on any atom is -0.326 e. The van der Waals surface area contributed by atoms with Crippen molar-refractivity contribution >= 4 is 22.7 Å². The Labute approximate surface area is 224 Å². The largest absolute Gasteiger partial charge is 0.326 e. The molecule has 3 heterocycles. The van der Waals surface area contributed by atoms with Crippen molar-refractivity contribution in [1.82, 2.24) is 0 Å². The van der Waals surface area contributed by atoms with E-state index in [9.17, 15) is 0 Å². The second-order valence-corrected chi connectivity index (χ2v) is 11.5. The standard InChI is InChI=1S/C34H30N4/c1-35-27-15-7-9-17-29(27)37-19-25-26(20-38-30-18-10-8-16-28(30)36(2)34(38)33(35)37)32-23-13-5-3-11-21(23)31(25)22-12-4-6-14-24(22)32/h3-18,25-26,31-32H,19-20H2,1-2H3/b34-33-. The van der Waals surface area contributed by atoms with Gasteiger partial charge in [-0.1, -0.05) is 72.8 Å². The first kappa shape index (κ1) is 20.8. The molecule has 38 heavy (non-hydrogen) atoms. The van der Waals surface area contributed by atoms with Crippen molar-refractivity contribution in [2.45, 2.75) is 11.8 Å². The van der Waals surface area contributed by atoms with Crippen LogP contribution in [0, 0.1) is 11.8 Å². The van der Waals surface area contributed by atoms with Crippen molar-refractivity contribution < 1.29 is 0 Å². The fourth-order valence-corrected chi connectivity index (χ4v) is 8.49. The topological polar surface area (TPSA) is 13.0 Å². The first-order valence-corrected chi connectivity index (χ1v) is 13.8. The quantitative estimate of drug-likeness (QED) is 0.274. The number of fused-ring (bicyclic) bond motifs is 6. The van der Waals surface area contributed by atoms with Gasteiger partial charge in [0, 0.05) is 39.0 Å². The van der Waals surface area contributed by atoms with Crippen molar-refractivity contribution in [2.24, 2.45) is 11.8 Å². The fourth-order valence-electron chi connectivity index (χ4n) is 8.49. The average Bonchev–Trinajstić information content (AvgIpc) is 3.37. The van der Waals surface area contributed by atoms with Crippen LogP contribution in [0.2, 0.25) is 0 Å². The van der Waals surface area contributed by atoms with Gasteiger partial charge in [-0.2, -0.15) is 0 Å². The highest BCUT2D eigenvalue weighted by Gasteiger charge is 2.54. The first-order chi connectivity index (χ1) is 18.7. The summed E-state index contributed by atoms with van der Waals surface area (Å²) in [4.78, 5) is 10.1. The van der Waals surface area contributed by atoms with Crippen molar-refractivity contribution in [2.75, 3.05) is 46.8 Å². The Hall–Kier alpha value is -4.18. The van der Waals surface area contributed by atoms with E-state index in [1.165, 1.54) is 34.4 Å². The zero-order valence-corrected chi connectivity index (χ0v) is 21.8. The molecule has 2 atom stereocenters. The highest BCUT2D eigenvalue weighted by molar-refractivity contribution is 5.89. The smallest absolute Gasteiger partial charge is 0.155 e. The summed E-state index contributed by atoms with van der Waals surface area (Å²) >= 11 is 0. The van der Waals surface area contributed by atoms with Crippen molar-refractivity contribution in [3.8, 4) is 0 Å². The van der Waals surface area contributed by atoms with Crippen LogP contribution in [0.15, 0.2) is 109 Å². The average molecular weight is 495 g/mol. The molecule has 4 heteroatoms. The van der Waals surface area contributed by atoms with Gasteiger partial charge in [0.15, 0.2) is 11.6 Å². The molecule has 0 radical (unpaired) electrons. The van der Waals surface area contributed by atoms with E-state index < -0.39 is 0 Å². The molecule has 10 rings (SSSR count). The summed E-state index contributed by atoms with van der Waals surface area (Å²) in [6.45, 7) is 2.04. The van der Waals surface area contributed by atoms with E-state index in [0.29, 0.717) is 23.7 Å². The number of para-hydroxylation sites is 4. The summed E-state index contributed by atoms with van der Waals surface area (Å²) in [5, 5.41) is 0. The minimum absolute atomic E-state index is 0.411. The summed E-state index contributed by atoms with van der Waals surface area (Å²) < 4.78 is 0. The predicted octanol–water partition coefficient (Wildman–Crippen LogP) is 6.56. The Bertz CT molecular complexity index is 1500. The van der Waals surface area contributed by atoms with Gasteiger partial charge in [0.1, 0.15) is 0 Å². The summed E-state index contributed by atoms with van der Waals surface area (Å²) in [5.74, 6) is 4.44. The molecule has 6 aliphatic rings. The molecule has 0 amide bonds. The SMILES string of the molecule is CN1/C2=C3\N(C)c4ccccc4N3CC3C4c5ccccc5C(c5ccccc54)C3CN2c2ccccc21. The van der Waals surface area contributed by atoms with Gasteiger partial charge >= 0.3 is 0 Å². The van der Waals surface area contributed by atoms with Crippen LogP contribution >= 0.6 is 0 Å². The summed E-state index contributed by atoms with van der Waals surface area (Å²) in [6.07, 6.45) is 0. The third-order valence-corrected chi connectivity index (χ3v) is 9.94. The Morgan fingerprint density at radius 3 is 1.13 bits per heavy atom. The van der Waals surface area contributed by atoms with Crippen molar-refractivity contribution in [3.05, 3.63) is 131 Å². The summed E-state index contributed by atoms with van der Waals surface area (Å²) in [6, 6.07) is 36.5. The third kappa shape index (κ3) is 2.42. The van der Waals surface area contributed by atoms with Crippen LogP contribution in [-0.2, 0) is 0 Å². The lowest BCUT2D eigenvalue weighted by Crippen LogP contribution is -2.52. The monoisotopic (exact) mass is 494 g/mol. The van der Waals surface area contributed by atoms with Gasteiger partial charge in [0.05, 0.1) is 22.7 Å². The van der Waals surface area contributed by atoms with Gasteiger partial charge in [0.2, 0.25) is 0 Å². The lowest BCUT2D eigenvalue weighted by atomic mass is 9.54. The van der Waals surface area contributed by atoms with E-state index in [0.717, 1.165) is 13.1 Å². The number of benzene rings is 4. The molecular formula is C34H30N4. The second-order valence-electron chi connectivity index (χ2n) is 11.5. The van der Waals surface area contributed by atoms with E-state index in [-0.39, 0.29) is 0 Å². The van der Waals surface area contributed by atoms with Crippen LogP contribution in [0.1, 0.15) is 34.1 Å². The van der Waals surface area contributed by atoms with Crippen LogP contribution in [0.25, 0.3) is 0 Å². The predicted molar refractivity (Wildman–Crippen MR) is 155 cm³/mol. The van der Waals surface area contributed by atoms with Gasteiger partial charge in [-0.15, -0.1) is 0 Å². The molecule has 4 nitrogen and oxygen atoms in total. The molecule has 0 aromatic heterocycles. The fraction of sp³-hybridized carbons (Fsp3) is 0.235. The molecule has 3 aliphatic carbocycles. The van der Waals surface area contributed by atoms with E-state index in [1.807, 2.05) is 0 Å². The van der Waals surface area contributed by atoms with Gasteiger partial charge < -0.3 is 19.6 Å². The van der Waals surface area contributed by atoms with Crippen LogP contribution in [0.4, 0.5) is 22.7 Å². The number of hydrogen-bond donors (Lipinski definition) is 0. The van der Waals surface area contributed by atoms with E-state index in [4.69, 9.17) is 0 Å². The lowest BCUT2D eigenvalue weighted by molar-refractivity contribution is 0.236. The molecule has 0 spiro atoms. The second kappa shape index (κ2) is 7.22. The number of nitrogens with zero attached hydrogens (tertiary/aromatic N) is 4. The molecule has 4 aromatic rings. The van der Waals surface area contributed by atoms with Crippen LogP contribution in [-0.4, -0.2) is 27.2 Å². The van der Waals surface area contributed by atoms with Crippen molar-refractivity contribution in [3.63, 3.8) is 0 Å². The normalized spacial score (nSPS) is 27.5. The van der Waals surface area contributed by atoms with Crippen LogP contribution < -0.4 is 19.6 Å². The summed E-state index contributed by atoms with van der Waals surface area (Å²) in [5.41, 5.74) is 11.4. The Balaban J connectivity index is 1.33. The van der Waals surface area contributed by atoms with Gasteiger partial charge in [0.25, 0.3) is 0 Å². The molecule has 0 fully saturated rings. The maximum absolute atomic E-state index is 2.64. The molecule has 186 valence electrons. The Kier molecular flexibility index (Phi) is 3.96. The number of anilines is 4. The maximum Gasteiger partial charge on any atom is 0.155 e. The Morgan fingerprint density at radius 2 is 0.763 bits per heavy atom. The van der Waals surface area contributed by atoms with Gasteiger partial charge in [-0.3, -0.25) is 0 Å². The van der Waals surface area contributed by atoms with E-state index in [2.05, 4.69) is 131 Å². The lowest BCUT2D eigenvalue weighted by Gasteiger charge is -2.54. The van der Waals surface area contributed by atoms with Gasteiger partial charge in [-0.25, -0.2) is 0 Å². The van der Waals surface area contributed by atoms with Gasteiger partial charge in [-0.05, 0) is 58.4 Å². The van der Waals surface area contributed by atoms with Crippen LogP contribution in [0.5, 0.6) is 0 Å². The molecule has 0 saturated carbocycles. The highest BCUT2D eigenvalue weighted by Crippen LogP contribution is 2.61. The molecule has 4 aromatic carbocycles. The molecular weight excluding hydrogens is 464 g/mol. The first-order valence-electron chi connectivity index (χ1n) is 13.8. The zero-order valence-electron chi connectivity index (χ0n) is 21.8. The molecule has 2 bridgehead atoms. The third-order valence-electron chi connectivity index (χ3n) is 9.94. The zero-order chi connectivity index (χ0) is 25.1.